The first kappa shape index (κ1) is 14.2. The molecule has 1 aliphatic heterocycles. The third-order valence-electron chi connectivity index (χ3n) is 2.96. The van der Waals surface area contributed by atoms with Crippen molar-refractivity contribution in [1.29, 1.82) is 0 Å². The van der Waals surface area contributed by atoms with Crippen LogP contribution in [-0.4, -0.2) is 54.4 Å². The predicted octanol–water partition coefficient (Wildman–Crippen LogP) is 1.09. The minimum absolute atomic E-state index is 0.648. The summed E-state index contributed by atoms with van der Waals surface area (Å²) in [6.45, 7) is 5.76. The molecule has 0 spiro atoms. The Morgan fingerprint density at radius 1 is 1.42 bits per heavy atom. The first-order chi connectivity index (χ1) is 9.34. The first-order valence-corrected chi connectivity index (χ1v) is 7.00. The normalized spacial score (nSPS) is 16.0. The summed E-state index contributed by atoms with van der Waals surface area (Å²) in [5.74, 6) is 0. The average Bonchev–Trinajstić information content (AvgIpc) is 2.46. The number of aromatic nitrogens is 1. The zero-order chi connectivity index (χ0) is 13.3. The summed E-state index contributed by atoms with van der Waals surface area (Å²) in [6.07, 6.45) is 4.57. The van der Waals surface area contributed by atoms with Crippen LogP contribution in [0.4, 0.5) is 5.69 Å². The van der Waals surface area contributed by atoms with Crippen LogP contribution in [0.2, 0.25) is 0 Å². The van der Waals surface area contributed by atoms with Gasteiger partial charge in [0.15, 0.2) is 5.11 Å². The molecule has 1 aromatic heterocycles. The van der Waals surface area contributed by atoms with E-state index in [1.54, 1.807) is 12.4 Å². The Hall–Kier alpha value is -1.24. The molecule has 0 aliphatic carbocycles. The Morgan fingerprint density at radius 3 is 3.00 bits per heavy atom. The van der Waals surface area contributed by atoms with Crippen molar-refractivity contribution in [3.8, 4) is 0 Å². The molecule has 1 aromatic rings. The van der Waals surface area contributed by atoms with E-state index >= 15 is 0 Å². The van der Waals surface area contributed by atoms with Gasteiger partial charge in [0, 0.05) is 25.8 Å². The molecule has 0 atom stereocenters. The molecule has 5 nitrogen and oxygen atoms in total. The van der Waals surface area contributed by atoms with Crippen LogP contribution in [-0.2, 0) is 4.74 Å². The first-order valence-electron chi connectivity index (χ1n) is 6.59. The van der Waals surface area contributed by atoms with Crippen molar-refractivity contribution >= 4 is 23.0 Å². The molecule has 0 aromatic carbocycles. The van der Waals surface area contributed by atoms with Crippen molar-refractivity contribution in [3.05, 3.63) is 24.5 Å². The minimum Gasteiger partial charge on any atom is -0.379 e. The Labute approximate surface area is 119 Å². The monoisotopic (exact) mass is 280 g/mol. The van der Waals surface area contributed by atoms with E-state index in [1.807, 2.05) is 12.1 Å². The van der Waals surface area contributed by atoms with Crippen molar-refractivity contribution in [2.24, 2.45) is 0 Å². The second-order valence-corrected chi connectivity index (χ2v) is 4.84. The number of rotatable bonds is 5. The molecule has 0 saturated carbocycles. The Morgan fingerprint density at radius 2 is 2.26 bits per heavy atom. The molecule has 2 heterocycles. The van der Waals surface area contributed by atoms with Crippen LogP contribution in [0.3, 0.4) is 0 Å². The number of hydrogen-bond donors (Lipinski definition) is 2. The van der Waals surface area contributed by atoms with E-state index in [0.29, 0.717) is 5.11 Å². The van der Waals surface area contributed by atoms with Gasteiger partial charge in [0.05, 0.1) is 25.1 Å². The lowest BCUT2D eigenvalue weighted by Gasteiger charge is -2.26. The lowest BCUT2D eigenvalue weighted by molar-refractivity contribution is 0.0376. The van der Waals surface area contributed by atoms with E-state index in [9.17, 15) is 0 Å². The molecular formula is C13H20N4OS. The van der Waals surface area contributed by atoms with Gasteiger partial charge in [-0.2, -0.15) is 0 Å². The number of ether oxygens (including phenoxy) is 1. The molecule has 1 saturated heterocycles. The molecule has 1 fully saturated rings. The van der Waals surface area contributed by atoms with Crippen LogP contribution in [0.1, 0.15) is 6.42 Å². The Balaban J connectivity index is 1.56. The number of pyridine rings is 1. The summed E-state index contributed by atoms with van der Waals surface area (Å²) in [5, 5.41) is 6.96. The topological polar surface area (TPSA) is 49.4 Å². The smallest absolute Gasteiger partial charge is 0.170 e. The lowest BCUT2D eigenvalue weighted by atomic mass is 10.3. The molecular weight excluding hydrogens is 260 g/mol. The van der Waals surface area contributed by atoms with E-state index in [1.165, 1.54) is 0 Å². The maximum absolute atomic E-state index is 5.32. The van der Waals surface area contributed by atoms with Gasteiger partial charge in [0.1, 0.15) is 0 Å². The number of morpholine rings is 1. The Bertz CT molecular complexity index is 381. The average molecular weight is 280 g/mol. The van der Waals surface area contributed by atoms with Crippen LogP contribution < -0.4 is 10.6 Å². The molecule has 6 heteroatoms. The summed E-state index contributed by atoms with van der Waals surface area (Å²) in [6, 6.07) is 3.82. The van der Waals surface area contributed by atoms with Gasteiger partial charge in [-0.1, -0.05) is 0 Å². The second-order valence-electron chi connectivity index (χ2n) is 4.43. The number of thiocarbonyl (C=S) groups is 1. The van der Waals surface area contributed by atoms with Gasteiger partial charge in [-0.25, -0.2) is 0 Å². The van der Waals surface area contributed by atoms with Gasteiger partial charge in [-0.05, 0) is 37.3 Å². The molecule has 0 radical (unpaired) electrons. The highest BCUT2D eigenvalue weighted by Gasteiger charge is 2.09. The zero-order valence-electron chi connectivity index (χ0n) is 11.0. The highest BCUT2D eigenvalue weighted by atomic mass is 32.1. The van der Waals surface area contributed by atoms with E-state index in [4.69, 9.17) is 17.0 Å². The van der Waals surface area contributed by atoms with E-state index in [-0.39, 0.29) is 0 Å². The van der Waals surface area contributed by atoms with Crippen LogP contribution in [0.15, 0.2) is 24.5 Å². The number of anilines is 1. The maximum atomic E-state index is 5.32. The summed E-state index contributed by atoms with van der Waals surface area (Å²) < 4.78 is 5.32. The standard InChI is InChI=1S/C13H20N4OS/c19-13(16-12-3-1-4-14-11-12)15-5-2-6-17-7-9-18-10-8-17/h1,3-4,11H,2,5-10H2,(H2,15,16,19). The van der Waals surface area contributed by atoms with Gasteiger partial charge in [0.25, 0.3) is 0 Å². The van der Waals surface area contributed by atoms with Gasteiger partial charge < -0.3 is 15.4 Å². The fourth-order valence-corrected chi connectivity index (χ4v) is 2.16. The fourth-order valence-electron chi connectivity index (χ4n) is 1.94. The molecule has 2 N–H and O–H groups in total. The highest BCUT2D eigenvalue weighted by molar-refractivity contribution is 7.80. The van der Waals surface area contributed by atoms with Crippen LogP contribution in [0.25, 0.3) is 0 Å². The van der Waals surface area contributed by atoms with Gasteiger partial charge >= 0.3 is 0 Å². The van der Waals surface area contributed by atoms with Crippen LogP contribution in [0.5, 0.6) is 0 Å². The Kier molecular flexibility index (Phi) is 6.00. The molecule has 1 aliphatic rings. The molecule has 19 heavy (non-hydrogen) atoms. The van der Waals surface area contributed by atoms with E-state index in [2.05, 4.69) is 20.5 Å². The quantitative estimate of drug-likeness (QED) is 0.622. The third kappa shape index (κ3) is 5.50. The predicted molar refractivity (Wildman–Crippen MR) is 80.3 cm³/mol. The molecule has 0 unspecified atom stereocenters. The number of nitrogens with zero attached hydrogens (tertiary/aromatic N) is 2. The molecule has 0 bridgehead atoms. The van der Waals surface area contributed by atoms with Crippen molar-refractivity contribution in [2.45, 2.75) is 6.42 Å². The van der Waals surface area contributed by atoms with Crippen molar-refractivity contribution in [1.82, 2.24) is 15.2 Å². The second kappa shape index (κ2) is 8.04. The summed E-state index contributed by atoms with van der Waals surface area (Å²) in [7, 11) is 0. The van der Waals surface area contributed by atoms with Crippen molar-refractivity contribution in [3.63, 3.8) is 0 Å². The van der Waals surface area contributed by atoms with Gasteiger partial charge in [-0.3, -0.25) is 9.88 Å². The van der Waals surface area contributed by atoms with Gasteiger partial charge in [-0.15, -0.1) is 0 Å². The summed E-state index contributed by atoms with van der Waals surface area (Å²) in [5.41, 5.74) is 0.910. The number of nitrogens with one attached hydrogen (secondary N) is 2. The van der Waals surface area contributed by atoms with E-state index < -0.39 is 0 Å². The molecule has 0 amide bonds. The van der Waals surface area contributed by atoms with Crippen molar-refractivity contribution < 1.29 is 4.74 Å². The van der Waals surface area contributed by atoms with Crippen LogP contribution in [0, 0.1) is 0 Å². The third-order valence-corrected chi connectivity index (χ3v) is 3.21. The van der Waals surface area contributed by atoms with E-state index in [0.717, 1.165) is 51.5 Å². The number of hydrogen-bond acceptors (Lipinski definition) is 4. The zero-order valence-corrected chi connectivity index (χ0v) is 11.8. The lowest BCUT2D eigenvalue weighted by Crippen LogP contribution is -2.38. The summed E-state index contributed by atoms with van der Waals surface area (Å²) in [4.78, 5) is 6.45. The SMILES string of the molecule is S=C(NCCCN1CCOCC1)Nc1cccnc1. The fraction of sp³-hybridized carbons (Fsp3) is 0.538. The van der Waals surface area contributed by atoms with Crippen LogP contribution >= 0.6 is 12.2 Å². The summed E-state index contributed by atoms with van der Waals surface area (Å²) >= 11 is 5.22. The highest BCUT2D eigenvalue weighted by Crippen LogP contribution is 2.02. The van der Waals surface area contributed by atoms with Gasteiger partial charge in [0.2, 0.25) is 0 Å². The largest absolute Gasteiger partial charge is 0.379 e. The molecule has 2 rings (SSSR count). The maximum Gasteiger partial charge on any atom is 0.170 e. The molecule has 104 valence electrons. The minimum atomic E-state index is 0.648. The van der Waals surface area contributed by atoms with Crippen molar-refractivity contribution in [2.75, 3.05) is 44.7 Å².